The maximum absolute atomic E-state index is 11.7. The number of hydrogen-bond donors (Lipinski definition) is 1. The van der Waals surface area contributed by atoms with Gasteiger partial charge in [0.1, 0.15) is 0 Å². The Morgan fingerprint density at radius 3 is 2.57 bits per heavy atom. The predicted octanol–water partition coefficient (Wildman–Crippen LogP) is 2.35. The summed E-state index contributed by atoms with van der Waals surface area (Å²) < 4.78 is 10.8. The Labute approximate surface area is 123 Å². The largest absolute Gasteiger partial charge is 0.872 e. The van der Waals surface area contributed by atoms with E-state index in [0.717, 1.165) is 12.8 Å². The van der Waals surface area contributed by atoms with E-state index in [0.29, 0.717) is 29.7 Å². The van der Waals surface area contributed by atoms with Gasteiger partial charge in [0, 0.05) is 6.42 Å². The molecule has 0 saturated carbocycles. The molecule has 1 aromatic carbocycles. The van der Waals surface area contributed by atoms with Crippen LogP contribution in [0.5, 0.6) is 5.75 Å². The first kappa shape index (κ1) is 15.4. The van der Waals surface area contributed by atoms with E-state index in [1.54, 1.807) is 26.0 Å². The molecule has 21 heavy (non-hydrogen) atoms. The Bertz CT molecular complexity index is 533. The number of benzene rings is 1. The second-order valence-corrected chi connectivity index (χ2v) is 5.21. The number of aliphatic carboxylic acids is 1. The summed E-state index contributed by atoms with van der Waals surface area (Å²) in [4.78, 5) is 11.3. The molecular weight excluding hydrogens is 272 g/mol. The smallest absolute Gasteiger partial charge is 0.371 e. The molecular formula is C16H19O5-. The molecule has 1 unspecified atom stereocenters. The number of carboxylic acids is 1. The Morgan fingerprint density at radius 2 is 2.05 bits per heavy atom. The third-order valence-corrected chi connectivity index (χ3v) is 3.39. The number of ether oxygens (including phenoxy) is 2. The van der Waals surface area contributed by atoms with Gasteiger partial charge >= 0.3 is 5.97 Å². The minimum atomic E-state index is -1.15. The van der Waals surface area contributed by atoms with Crippen LogP contribution in [0, 0.1) is 13.8 Å². The highest BCUT2D eigenvalue weighted by atomic mass is 16.7. The molecule has 2 rings (SSSR count). The van der Waals surface area contributed by atoms with Crippen molar-refractivity contribution >= 4 is 12.0 Å². The van der Waals surface area contributed by atoms with Crippen molar-refractivity contribution in [2.75, 3.05) is 6.61 Å². The van der Waals surface area contributed by atoms with E-state index in [1.165, 1.54) is 6.08 Å². The summed E-state index contributed by atoms with van der Waals surface area (Å²) in [5, 5.41) is 20.9. The molecule has 0 aromatic heterocycles. The van der Waals surface area contributed by atoms with Crippen LogP contribution in [0.15, 0.2) is 17.9 Å². The summed E-state index contributed by atoms with van der Waals surface area (Å²) >= 11 is 0. The average molecular weight is 291 g/mol. The highest BCUT2D eigenvalue weighted by Gasteiger charge is 2.20. The molecule has 1 aliphatic heterocycles. The molecule has 1 aliphatic rings. The zero-order valence-corrected chi connectivity index (χ0v) is 12.2. The molecule has 5 nitrogen and oxygen atoms in total. The number of rotatable bonds is 4. The average Bonchev–Trinajstić information content (AvgIpc) is 2.45. The first-order chi connectivity index (χ1) is 9.97. The van der Waals surface area contributed by atoms with Crippen molar-refractivity contribution in [3.05, 3.63) is 34.6 Å². The van der Waals surface area contributed by atoms with Crippen LogP contribution < -0.4 is 5.11 Å². The van der Waals surface area contributed by atoms with Crippen LogP contribution in [0.25, 0.3) is 6.08 Å². The summed E-state index contributed by atoms with van der Waals surface area (Å²) in [5.41, 5.74) is 1.80. The van der Waals surface area contributed by atoms with Crippen molar-refractivity contribution in [1.82, 2.24) is 0 Å². The van der Waals surface area contributed by atoms with Crippen molar-refractivity contribution in [2.24, 2.45) is 0 Å². The lowest BCUT2D eigenvalue weighted by Gasteiger charge is -2.23. The van der Waals surface area contributed by atoms with E-state index in [-0.39, 0.29) is 11.5 Å². The fourth-order valence-corrected chi connectivity index (χ4v) is 2.31. The highest BCUT2D eigenvalue weighted by molar-refractivity contribution is 5.90. The molecule has 1 heterocycles. The van der Waals surface area contributed by atoms with Gasteiger partial charge in [-0.05, 0) is 38.3 Å². The van der Waals surface area contributed by atoms with Crippen molar-refractivity contribution in [1.29, 1.82) is 0 Å². The van der Waals surface area contributed by atoms with Gasteiger partial charge in [0.15, 0.2) is 6.29 Å². The van der Waals surface area contributed by atoms with Crippen LogP contribution in [0.4, 0.5) is 0 Å². The number of aryl methyl sites for hydroxylation is 2. The minimum absolute atomic E-state index is 0.0273. The second-order valence-electron chi connectivity index (χ2n) is 5.21. The second kappa shape index (κ2) is 6.63. The maximum Gasteiger partial charge on any atom is 0.371 e. The normalized spacial score (nSPS) is 19.3. The van der Waals surface area contributed by atoms with Crippen molar-refractivity contribution in [2.45, 2.75) is 39.4 Å². The van der Waals surface area contributed by atoms with Crippen LogP contribution in [-0.4, -0.2) is 24.0 Å². The summed E-state index contributed by atoms with van der Waals surface area (Å²) in [6, 6.07) is 3.31. The highest BCUT2D eigenvalue weighted by Crippen LogP contribution is 2.23. The Morgan fingerprint density at radius 1 is 1.38 bits per heavy atom. The lowest BCUT2D eigenvalue weighted by molar-refractivity contribution is -0.270. The maximum atomic E-state index is 11.7. The zero-order valence-electron chi connectivity index (χ0n) is 12.2. The van der Waals surface area contributed by atoms with E-state index >= 15 is 0 Å². The van der Waals surface area contributed by atoms with Crippen LogP contribution in [-0.2, 0) is 14.3 Å². The van der Waals surface area contributed by atoms with Crippen LogP contribution in [0.2, 0.25) is 0 Å². The fourth-order valence-electron chi connectivity index (χ4n) is 2.31. The first-order valence-corrected chi connectivity index (χ1v) is 6.99. The quantitative estimate of drug-likeness (QED) is 0.680. The fraction of sp³-hybridized carbons (Fsp3) is 0.438. The van der Waals surface area contributed by atoms with Gasteiger partial charge in [-0.1, -0.05) is 23.3 Å². The van der Waals surface area contributed by atoms with E-state index in [1.807, 2.05) is 0 Å². The van der Waals surface area contributed by atoms with Gasteiger partial charge in [0.25, 0.3) is 0 Å². The van der Waals surface area contributed by atoms with E-state index < -0.39 is 12.3 Å². The van der Waals surface area contributed by atoms with Crippen LogP contribution in [0.3, 0.4) is 0 Å². The molecule has 0 amide bonds. The van der Waals surface area contributed by atoms with E-state index in [4.69, 9.17) is 9.47 Å². The molecule has 1 aromatic rings. The van der Waals surface area contributed by atoms with Crippen molar-refractivity contribution in [3.63, 3.8) is 0 Å². The number of carboxylic acid groups (broad SMARTS) is 1. The molecule has 0 spiro atoms. The molecule has 0 radical (unpaired) electrons. The monoisotopic (exact) mass is 291 g/mol. The van der Waals surface area contributed by atoms with E-state index in [9.17, 15) is 15.0 Å². The molecule has 0 bridgehead atoms. The Hall–Kier alpha value is -2.01. The van der Waals surface area contributed by atoms with Gasteiger partial charge in [-0.3, -0.25) is 0 Å². The van der Waals surface area contributed by atoms with Gasteiger partial charge in [-0.15, -0.1) is 5.75 Å². The number of carbonyl (C=O) groups is 1. The van der Waals surface area contributed by atoms with Gasteiger partial charge in [0.2, 0.25) is 5.76 Å². The lowest BCUT2D eigenvalue weighted by atomic mass is 10.1. The van der Waals surface area contributed by atoms with Crippen LogP contribution in [0.1, 0.15) is 36.0 Å². The minimum Gasteiger partial charge on any atom is -0.872 e. The summed E-state index contributed by atoms with van der Waals surface area (Å²) in [7, 11) is 0. The van der Waals surface area contributed by atoms with Crippen LogP contribution >= 0.6 is 0 Å². The summed E-state index contributed by atoms with van der Waals surface area (Å²) in [5.74, 6) is -1.34. The molecule has 114 valence electrons. The third kappa shape index (κ3) is 3.98. The summed E-state index contributed by atoms with van der Waals surface area (Å²) in [6.45, 7) is 4.00. The van der Waals surface area contributed by atoms with Crippen molar-refractivity contribution in [3.8, 4) is 5.75 Å². The Balaban J connectivity index is 2.22. The Kier molecular flexibility index (Phi) is 4.85. The molecule has 5 heteroatoms. The van der Waals surface area contributed by atoms with Gasteiger partial charge in [0.05, 0.1) is 6.61 Å². The van der Waals surface area contributed by atoms with E-state index in [2.05, 4.69) is 0 Å². The van der Waals surface area contributed by atoms with Gasteiger partial charge in [-0.2, -0.15) is 0 Å². The first-order valence-electron chi connectivity index (χ1n) is 6.99. The van der Waals surface area contributed by atoms with Gasteiger partial charge in [-0.25, -0.2) is 4.79 Å². The predicted molar refractivity (Wildman–Crippen MR) is 75.7 cm³/mol. The lowest BCUT2D eigenvalue weighted by Crippen LogP contribution is -2.24. The third-order valence-electron chi connectivity index (χ3n) is 3.39. The van der Waals surface area contributed by atoms with Crippen molar-refractivity contribution < 1.29 is 24.5 Å². The molecule has 0 aliphatic carbocycles. The molecule has 1 fully saturated rings. The molecule has 1 saturated heterocycles. The SMILES string of the molecule is Cc1cc(/C=C(\OC2CCCCO2)C(=O)O)cc(C)c1[O-]. The summed E-state index contributed by atoms with van der Waals surface area (Å²) in [6.07, 6.45) is 3.53. The molecule has 1 N–H and O–H groups in total. The van der Waals surface area contributed by atoms with Gasteiger partial charge < -0.3 is 19.7 Å². The standard InChI is InChI=1S/C16H20O5/c1-10-7-12(8-11(2)15(10)17)9-13(16(18)19)21-14-5-3-4-6-20-14/h7-9,14,17H,3-6H2,1-2H3,(H,18,19)/p-1/b13-9-. The molecule has 1 atom stereocenters. The topological polar surface area (TPSA) is 78.8 Å². The number of hydrogen-bond acceptors (Lipinski definition) is 4. The zero-order chi connectivity index (χ0) is 15.4.